The maximum absolute atomic E-state index is 9.85. The van der Waals surface area contributed by atoms with Gasteiger partial charge in [-0.25, -0.2) is 4.98 Å². The summed E-state index contributed by atoms with van der Waals surface area (Å²) in [6.07, 6.45) is 5.45. The van der Waals surface area contributed by atoms with E-state index in [9.17, 15) is 5.26 Å². The van der Waals surface area contributed by atoms with E-state index in [2.05, 4.69) is 20.9 Å². The van der Waals surface area contributed by atoms with Gasteiger partial charge in [0.15, 0.2) is 0 Å². The minimum atomic E-state index is -0.269. The van der Waals surface area contributed by atoms with Crippen molar-refractivity contribution in [2.24, 2.45) is 0 Å². The molecule has 1 unspecified atom stereocenters. The third-order valence-electron chi connectivity index (χ3n) is 5.91. The number of nitrogens with zero attached hydrogens (tertiary/aromatic N) is 4. The van der Waals surface area contributed by atoms with Crippen LogP contribution in [0.4, 0.5) is 0 Å². The predicted molar refractivity (Wildman–Crippen MR) is 103 cm³/mol. The normalized spacial score (nSPS) is 20.9. The number of aromatic nitrogens is 2. The zero-order valence-corrected chi connectivity index (χ0v) is 15.5. The van der Waals surface area contributed by atoms with Gasteiger partial charge in [-0.3, -0.25) is 9.80 Å². The molecular weight excluding hydrogens is 322 g/mol. The van der Waals surface area contributed by atoms with Crippen LogP contribution in [0.3, 0.4) is 0 Å². The Morgan fingerprint density at radius 2 is 1.81 bits per heavy atom. The van der Waals surface area contributed by atoms with Crippen LogP contribution < -0.4 is 0 Å². The Hall–Kier alpha value is -2.16. The van der Waals surface area contributed by atoms with Gasteiger partial charge >= 0.3 is 0 Å². The van der Waals surface area contributed by atoms with Gasteiger partial charge in [0.25, 0.3) is 0 Å². The minimum Gasteiger partial charge on any atom is -0.342 e. The van der Waals surface area contributed by atoms with Crippen LogP contribution in [0.2, 0.25) is 0 Å². The van der Waals surface area contributed by atoms with Crippen LogP contribution in [0.5, 0.6) is 0 Å². The summed E-state index contributed by atoms with van der Waals surface area (Å²) in [4.78, 5) is 13.1. The Labute approximate surface area is 155 Å². The van der Waals surface area contributed by atoms with Crippen LogP contribution in [0.1, 0.15) is 43.1 Å². The number of imidazole rings is 1. The van der Waals surface area contributed by atoms with Crippen molar-refractivity contribution >= 4 is 0 Å². The van der Waals surface area contributed by atoms with E-state index in [4.69, 9.17) is 4.98 Å². The van der Waals surface area contributed by atoms with E-state index in [0.717, 1.165) is 55.0 Å². The second-order valence-electron chi connectivity index (χ2n) is 7.50. The van der Waals surface area contributed by atoms with Crippen LogP contribution in [0, 0.1) is 18.3 Å². The molecule has 1 saturated heterocycles. The van der Waals surface area contributed by atoms with Crippen molar-refractivity contribution in [3.05, 3.63) is 41.7 Å². The number of hydrogen-bond acceptors (Lipinski definition) is 4. The highest BCUT2D eigenvalue weighted by Crippen LogP contribution is 2.29. The fraction of sp³-hybridized carbons (Fsp3) is 0.524. The average Bonchev–Trinajstić information content (AvgIpc) is 3.35. The smallest absolute Gasteiger partial charge is 0.142 e. The first-order valence-electron chi connectivity index (χ1n) is 9.76. The molecule has 0 spiro atoms. The minimum absolute atomic E-state index is 0.269. The SMILES string of the molecule is Cc1[nH]c(-c2ccccc2)nc1C(C#N)N1CCN(C2CCCC2)CC1. The summed E-state index contributed by atoms with van der Waals surface area (Å²) >= 11 is 0. The highest BCUT2D eigenvalue weighted by atomic mass is 15.3. The quantitative estimate of drug-likeness (QED) is 0.918. The molecule has 1 aliphatic heterocycles. The first-order valence-corrected chi connectivity index (χ1v) is 9.76. The number of piperazine rings is 1. The van der Waals surface area contributed by atoms with E-state index >= 15 is 0 Å². The summed E-state index contributed by atoms with van der Waals surface area (Å²) in [5.41, 5.74) is 2.93. The molecule has 2 aliphatic rings. The molecule has 1 N–H and O–H groups in total. The molecule has 2 aromatic rings. The average molecular weight is 349 g/mol. The summed E-state index contributed by atoms with van der Waals surface area (Å²) in [5.74, 6) is 0.850. The lowest BCUT2D eigenvalue weighted by molar-refractivity contribution is 0.0830. The number of rotatable bonds is 4. The first-order chi connectivity index (χ1) is 12.8. The van der Waals surface area contributed by atoms with Gasteiger partial charge in [-0.2, -0.15) is 5.26 Å². The molecule has 0 bridgehead atoms. The molecule has 0 amide bonds. The standard InChI is InChI=1S/C21H27N5/c1-16-20(24-21(23-16)17-7-3-2-4-8-17)19(15-22)26-13-11-25(12-14-26)18-9-5-6-10-18/h2-4,7-8,18-19H,5-6,9-14H2,1H3,(H,23,24). The van der Waals surface area contributed by atoms with Crippen LogP contribution in [0.15, 0.2) is 30.3 Å². The molecule has 2 heterocycles. The lowest BCUT2D eigenvalue weighted by Crippen LogP contribution is -2.50. The largest absolute Gasteiger partial charge is 0.342 e. The molecule has 5 nitrogen and oxygen atoms in total. The number of aryl methyl sites for hydroxylation is 1. The molecule has 1 aliphatic carbocycles. The van der Waals surface area contributed by atoms with E-state index in [-0.39, 0.29) is 6.04 Å². The van der Waals surface area contributed by atoms with Crippen molar-refractivity contribution in [1.82, 2.24) is 19.8 Å². The molecule has 1 atom stereocenters. The fourth-order valence-corrected chi connectivity index (χ4v) is 4.42. The highest BCUT2D eigenvalue weighted by Gasteiger charge is 2.31. The van der Waals surface area contributed by atoms with Crippen LogP contribution in [-0.2, 0) is 0 Å². The van der Waals surface area contributed by atoms with E-state index in [1.807, 2.05) is 37.3 Å². The van der Waals surface area contributed by atoms with Crippen molar-refractivity contribution < 1.29 is 0 Å². The summed E-state index contributed by atoms with van der Waals surface area (Å²) in [6.45, 7) is 6.05. The monoisotopic (exact) mass is 349 g/mol. The van der Waals surface area contributed by atoms with E-state index < -0.39 is 0 Å². The molecule has 1 aromatic heterocycles. The van der Waals surface area contributed by atoms with Gasteiger partial charge in [-0.15, -0.1) is 0 Å². The maximum atomic E-state index is 9.85. The fourth-order valence-electron chi connectivity index (χ4n) is 4.42. The van der Waals surface area contributed by atoms with Gasteiger partial charge < -0.3 is 4.98 Å². The Morgan fingerprint density at radius 3 is 2.46 bits per heavy atom. The second kappa shape index (κ2) is 7.61. The predicted octanol–water partition coefficient (Wildman–Crippen LogP) is 3.51. The molecule has 1 saturated carbocycles. The van der Waals surface area contributed by atoms with Crippen LogP contribution in [-0.4, -0.2) is 52.0 Å². The highest BCUT2D eigenvalue weighted by molar-refractivity contribution is 5.56. The number of aromatic amines is 1. The Balaban J connectivity index is 1.48. The molecule has 5 heteroatoms. The third kappa shape index (κ3) is 3.40. The maximum Gasteiger partial charge on any atom is 0.142 e. The van der Waals surface area contributed by atoms with Crippen molar-refractivity contribution in [1.29, 1.82) is 5.26 Å². The number of nitrogens with one attached hydrogen (secondary N) is 1. The van der Waals surface area contributed by atoms with Gasteiger partial charge in [-0.1, -0.05) is 43.2 Å². The summed E-state index contributed by atoms with van der Waals surface area (Å²) < 4.78 is 0. The van der Waals surface area contributed by atoms with Crippen molar-refractivity contribution in [3.8, 4) is 17.5 Å². The van der Waals surface area contributed by atoms with E-state index in [1.54, 1.807) is 0 Å². The molecule has 0 radical (unpaired) electrons. The van der Waals surface area contributed by atoms with Gasteiger partial charge in [0.2, 0.25) is 0 Å². The first kappa shape index (κ1) is 17.3. The Bertz CT molecular complexity index is 761. The molecule has 4 rings (SSSR count). The lowest BCUT2D eigenvalue weighted by atomic mass is 10.1. The second-order valence-corrected chi connectivity index (χ2v) is 7.50. The summed E-state index contributed by atoms with van der Waals surface area (Å²) in [6, 6.07) is 13.1. The topological polar surface area (TPSA) is 59.0 Å². The molecule has 2 fully saturated rings. The number of nitriles is 1. The van der Waals surface area contributed by atoms with Crippen LogP contribution in [0.25, 0.3) is 11.4 Å². The molecular formula is C21H27N5. The van der Waals surface area contributed by atoms with Gasteiger partial charge in [0, 0.05) is 43.5 Å². The number of benzene rings is 1. The van der Waals surface area contributed by atoms with Crippen molar-refractivity contribution in [2.45, 2.75) is 44.7 Å². The van der Waals surface area contributed by atoms with Gasteiger partial charge in [0.1, 0.15) is 11.9 Å². The van der Waals surface area contributed by atoms with Crippen LogP contribution >= 0.6 is 0 Å². The van der Waals surface area contributed by atoms with Crippen molar-refractivity contribution in [2.75, 3.05) is 26.2 Å². The number of H-pyrrole nitrogens is 1. The zero-order valence-electron chi connectivity index (χ0n) is 15.5. The third-order valence-corrected chi connectivity index (χ3v) is 5.91. The Morgan fingerprint density at radius 1 is 1.12 bits per heavy atom. The molecule has 136 valence electrons. The number of hydrogen-bond donors (Lipinski definition) is 1. The van der Waals surface area contributed by atoms with Gasteiger partial charge in [-0.05, 0) is 19.8 Å². The summed E-state index contributed by atoms with van der Waals surface area (Å²) in [5, 5.41) is 9.85. The van der Waals surface area contributed by atoms with E-state index in [0.29, 0.717) is 0 Å². The lowest BCUT2D eigenvalue weighted by Gasteiger charge is -2.39. The van der Waals surface area contributed by atoms with Crippen molar-refractivity contribution in [3.63, 3.8) is 0 Å². The summed E-state index contributed by atoms with van der Waals surface area (Å²) in [7, 11) is 0. The van der Waals surface area contributed by atoms with E-state index in [1.165, 1.54) is 25.7 Å². The van der Waals surface area contributed by atoms with Gasteiger partial charge in [0.05, 0.1) is 11.8 Å². The molecule has 26 heavy (non-hydrogen) atoms. The zero-order chi connectivity index (χ0) is 17.9. The Kier molecular flexibility index (Phi) is 5.05. The molecule has 1 aromatic carbocycles.